The molecule has 1 aromatic carbocycles. The summed E-state index contributed by atoms with van der Waals surface area (Å²) in [6, 6.07) is 4.30. The molecule has 1 spiro atoms. The lowest BCUT2D eigenvalue weighted by Crippen LogP contribution is -2.44. The van der Waals surface area contributed by atoms with E-state index in [9.17, 15) is 14.9 Å². The zero-order valence-electron chi connectivity index (χ0n) is 13.6. The molecule has 0 bridgehead atoms. The van der Waals surface area contributed by atoms with Gasteiger partial charge in [-0.25, -0.2) is 0 Å². The first-order chi connectivity index (χ1) is 11.0. The van der Waals surface area contributed by atoms with Crippen molar-refractivity contribution < 1.29 is 14.5 Å². The summed E-state index contributed by atoms with van der Waals surface area (Å²) in [4.78, 5) is 24.9. The number of methoxy groups -OCH3 is 1. The zero-order chi connectivity index (χ0) is 16.4. The van der Waals surface area contributed by atoms with Gasteiger partial charge in [-0.1, -0.05) is 0 Å². The second-order valence-corrected chi connectivity index (χ2v) is 6.36. The number of nitrogens with zero attached hydrogens (tertiary/aromatic N) is 2. The van der Waals surface area contributed by atoms with Crippen LogP contribution in [-0.4, -0.2) is 49.0 Å². The molecule has 7 nitrogen and oxygen atoms in total. The molecule has 0 radical (unpaired) electrons. The smallest absolute Gasteiger partial charge is 0.310 e. The molecule has 1 N–H and O–H groups in total. The van der Waals surface area contributed by atoms with Crippen LogP contribution in [0.5, 0.6) is 5.75 Å². The number of nitro groups is 1. The van der Waals surface area contributed by atoms with Crippen molar-refractivity contribution in [2.45, 2.75) is 19.3 Å². The molecule has 0 aliphatic carbocycles. The summed E-state index contributed by atoms with van der Waals surface area (Å²) in [5, 5.41) is 14.3. The van der Waals surface area contributed by atoms with E-state index >= 15 is 0 Å². The number of carbonyl (C=O) groups is 1. The van der Waals surface area contributed by atoms with Gasteiger partial charge in [0, 0.05) is 37.3 Å². The van der Waals surface area contributed by atoms with Gasteiger partial charge in [0.15, 0.2) is 5.75 Å². The van der Waals surface area contributed by atoms with E-state index in [1.807, 2.05) is 4.90 Å². The van der Waals surface area contributed by atoms with Crippen molar-refractivity contribution in [1.29, 1.82) is 0 Å². The highest BCUT2D eigenvalue weighted by atomic mass is 35.5. The number of hydrogen-bond donors (Lipinski definition) is 1. The summed E-state index contributed by atoms with van der Waals surface area (Å²) in [6.45, 7) is 3.58. The summed E-state index contributed by atoms with van der Waals surface area (Å²) >= 11 is 0. The van der Waals surface area contributed by atoms with Crippen LogP contribution in [0.1, 0.15) is 29.6 Å². The molecule has 0 unspecified atom stereocenters. The fraction of sp³-hybridized carbons (Fsp3) is 0.562. The molecule has 0 atom stereocenters. The third kappa shape index (κ3) is 3.47. The summed E-state index contributed by atoms with van der Waals surface area (Å²) in [6.07, 6.45) is 3.20. The Morgan fingerprint density at radius 2 is 2.04 bits per heavy atom. The van der Waals surface area contributed by atoms with Gasteiger partial charge in [-0.05, 0) is 37.3 Å². The lowest BCUT2D eigenvalue weighted by atomic mass is 9.78. The fourth-order valence-electron chi connectivity index (χ4n) is 3.55. The lowest BCUT2D eigenvalue weighted by molar-refractivity contribution is -0.385. The predicted octanol–water partition coefficient (Wildman–Crippen LogP) is 2.24. The Morgan fingerprint density at radius 3 is 2.58 bits per heavy atom. The van der Waals surface area contributed by atoms with Crippen molar-refractivity contribution in [1.82, 2.24) is 10.2 Å². The van der Waals surface area contributed by atoms with Crippen molar-refractivity contribution in [2.75, 3.05) is 33.3 Å². The van der Waals surface area contributed by atoms with Gasteiger partial charge in [-0.15, -0.1) is 12.4 Å². The minimum Gasteiger partial charge on any atom is -0.490 e. The molecular formula is C16H22ClN3O4. The number of halogens is 1. The molecule has 1 amide bonds. The van der Waals surface area contributed by atoms with Gasteiger partial charge >= 0.3 is 5.69 Å². The molecule has 1 aromatic rings. The van der Waals surface area contributed by atoms with Crippen LogP contribution < -0.4 is 10.1 Å². The van der Waals surface area contributed by atoms with E-state index in [1.54, 1.807) is 0 Å². The summed E-state index contributed by atoms with van der Waals surface area (Å²) in [5.41, 5.74) is 0.663. The SMILES string of the molecule is COc1cc(C(=O)N2CCC3(CCNC3)CC2)ccc1[N+](=O)[O-].Cl. The second-order valence-electron chi connectivity index (χ2n) is 6.36. The Balaban J connectivity index is 0.00000208. The summed E-state index contributed by atoms with van der Waals surface area (Å²) < 4.78 is 5.04. The third-order valence-corrected chi connectivity index (χ3v) is 5.07. The number of rotatable bonds is 3. The summed E-state index contributed by atoms with van der Waals surface area (Å²) in [5.74, 6) is 0.0355. The number of hydrogen-bond acceptors (Lipinski definition) is 5. The largest absolute Gasteiger partial charge is 0.490 e. The van der Waals surface area contributed by atoms with Crippen molar-refractivity contribution in [3.05, 3.63) is 33.9 Å². The standard InChI is InChI=1S/C16H21N3O4.ClH/c1-23-14-10-12(2-3-13(14)19(21)22)15(20)18-8-5-16(6-9-18)4-7-17-11-16;/h2-3,10,17H,4-9,11H2,1H3;1H. The minimum absolute atomic E-state index is 0. The van der Waals surface area contributed by atoms with Crippen LogP contribution >= 0.6 is 12.4 Å². The van der Waals surface area contributed by atoms with Crippen LogP contribution in [0.3, 0.4) is 0 Å². The lowest BCUT2D eigenvalue weighted by Gasteiger charge is -2.38. The molecule has 2 fully saturated rings. The van der Waals surface area contributed by atoms with Crippen LogP contribution in [0.2, 0.25) is 0 Å². The number of piperidine rings is 1. The number of benzene rings is 1. The quantitative estimate of drug-likeness (QED) is 0.664. The maximum absolute atomic E-state index is 12.6. The van der Waals surface area contributed by atoms with Gasteiger partial charge in [-0.2, -0.15) is 0 Å². The van der Waals surface area contributed by atoms with E-state index in [4.69, 9.17) is 4.74 Å². The maximum Gasteiger partial charge on any atom is 0.310 e. The van der Waals surface area contributed by atoms with E-state index in [2.05, 4.69) is 5.32 Å². The first-order valence-corrected chi connectivity index (χ1v) is 7.87. The highest BCUT2D eigenvalue weighted by molar-refractivity contribution is 5.95. The van der Waals surface area contributed by atoms with Gasteiger partial charge in [0.2, 0.25) is 0 Å². The van der Waals surface area contributed by atoms with E-state index in [0.29, 0.717) is 11.0 Å². The number of nitrogens with one attached hydrogen (secondary N) is 1. The van der Waals surface area contributed by atoms with Crippen molar-refractivity contribution >= 4 is 24.0 Å². The highest BCUT2D eigenvalue weighted by Crippen LogP contribution is 2.37. The number of ether oxygens (including phenoxy) is 1. The van der Waals surface area contributed by atoms with Crippen molar-refractivity contribution in [3.63, 3.8) is 0 Å². The molecule has 2 saturated heterocycles. The Morgan fingerprint density at radius 1 is 1.33 bits per heavy atom. The Labute approximate surface area is 146 Å². The molecule has 0 aromatic heterocycles. The van der Waals surface area contributed by atoms with Gasteiger partial charge < -0.3 is 15.0 Å². The number of carbonyl (C=O) groups excluding carboxylic acids is 1. The predicted molar refractivity (Wildman–Crippen MR) is 92.0 cm³/mol. The molecule has 2 heterocycles. The summed E-state index contributed by atoms with van der Waals surface area (Å²) in [7, 11) is 1.37. The van der Waals surface area contributed by atoms with Gasteiger partial charge in [0.05, 0.1) is 12.0 Å². The van der Waals surface area contributed by atoms with E-state index in [1.165, 1.54) is 31.7 Å². The van der Waals surface area contributed by atoms with Crippen LogP contribution in [0, 0.1) is 15.5 Å². The maximum atomic E-state index is 12.6. The number of amides is 1. The highest BCUT2D eigenvalue weighted by Gasteiger charge is 2.38. The van der Waals surface area contributed by atoms with Gasteiger partial charge in [-0.3, -0.25) is 14.9 Å². The second kappa shape index (κ2) is 7.36. The average molecular weight is 356 g/mol. The molecule has 3 rings (SSSR count). The first-order valence-electron chi connectivity index (χ1n) is 7.87. The molecule has 8 heteroatoms. The Kier molecular flexibility index (Phi) is 5.66. The van der Waals surface area contributed by atoms with Gasteiger partial charge in [0.1, 0.15) is 0 Å². The molecular weight excluding hydrogens is 334 g/mol. The van der Waals surface area contributed by atoms with Crippen molar-refractivity contribution in [3.8, 4) is 5.75 Å². The topological polar surface area (TPSA) is 84.7 Å². The van der Waals surface area contributed by atoms with Gasteiger partial charge in [0.25, 0.3) is 5.91 Å². The monoisotopic (exact) mass is 355 g/mol. The van der Waals surface area contributed by atoms with Crippen LogP contribution in [0.25, 0.3) is 0 Å². The zero-order valence-corrected chi connectivity index (χ0v) is 14.4. The average Bonchev–Trinajstić information content (AvgIpc) is 3.02. The first kappa shape index (κ1) is 18.5. The minimum atomic E-state index is -0.509. The Hall–Kier alpha value is -1.86. The number of nitro benzene ring substituents is 1. The molecule has 24 heavy (non-hydrogen) atoms. The van der Waals surface area contributed by atoms with E-state index < -0.39 is 4.92 Å². The Bertz CT molecular complexity index is 622. The molecule has 2 aliphatic heterocycles. The molecule has 2 aliphatic rings. The molecule has 0 saturated carbocycles. The van der Waals surface area contributed by atoms with Crippen LogP contribution in [-0.2, 0) is 0 Å². The normalized spacial score (nSPS) is 19.0. The fourth-order valence-corrected chi connectivity index (χ4v) is 3.55. The van der Waals surface area contributed by atoms with Crippen LogP contribution in [0.4, 0.5) is 5.69 Å². The molecule has 132 valence electrons. The van der Waals surface area contributed by atoms with E-state index in [-0.39, 0.29) is 29.8 Å². The van der Waals surface area contributed by atoms with Crippen molar-refractivity contribution in [2.24, 2.45) is 5.41 Å². The third-order valence-electron chi connectivity index (χ3n) is 5.07. The van der Waals surface area contributed by atoms with E-state index in [0.717, 1.165) is 39.0 Å². The van der Waals surface area contributed by atoms with Crippen LogP contribution in [0.15, 0.2) is 18.2 Å². The number of likely N-dealkylation sites (tertiary alicyclic amines) is 1.